The number of nitrogens with one attached hydrogen (secondary N) is 1. The summed E-state index contributed by atoms with van der Waals surface area (Å²) in [6.07, 6.45) is 0.890. The molecule has 4 rings (SSSR count). The number of halogens is 1. The molecule has 0 spiro atoms. The molecule has 3 heterocycles. The Morgan fingerprint density at radius 1 is 1.35 bits per heavy atom. The van der Waals surface area contributed by atoms with E-state index in [9.17, 15) is 4.79 Å². The van der Waals surface area contributed by atoms with Crippen LogP contribution in [-0.4, -0.2) is 24.9 Å². The number of hydrogen-bond donors (Lipinski definition) is 1. The summed E-state index contributed by atoms with van der Waals surface area (Å²) in [6.45, 7) is 2.07. The van der Waals surface area contributed by atoms with Gasteiger partial charge >= 0.3 is 17.8 Å². The van der Waals surface area contributed by atoms with Crippen molar-refractivity contribution in [3.05, 3.63) is 45.3 Å². The number of guanidine groups is 1. The Morgan fingerprint density at radius 3 is 2.91 bits per heavy atom. The number of ether oxygens (including phenoxy) is 1. The summed E-state index contributed by atoms with van der Waals surface area (Å²) in [7, 11) is 1.55. The van der Waals surface area contributed by atoms with Gasteiger partial charge < -0.3 is 4.74 Å². The molecule has 23 heavy (non-hydrogen) atoms. The van der Waals surface area contributed by atoms with Crippen LogP contribution in [0.15, 0.2) is 24.3 Å². The summed E-state index contributed by atoms with van der Waals surface area (Å²) in [6, 6.07) is 7.26. The number of hydrogen-bond acceptors (Lipinski definition) is 4. The molecular weight excluding hydrogens is 334 g/mol. The molecule has 2 aromatic rings. The van der Waals surface area contributed by atoms with E-state index in [1.165, 1.54) is 0 Å². The zero-order valence-electron chi connectivity index (χ0n) is 12.5. The number of amides is 1. The van der Waals surface area contributed by atoms with Crippen LogP contribution in [0, 0.1) is 0 Å². The van der Waals surface area contributed by atoms with E-state index in [0.29, 0.717) is 33.7 Å². The van der Waals surface area contributed by atoms with E-state index in [0.717, 1.165) is 16.3 Å². The van der Waals surface area contributed by atoms with Crippen molar-refractivity contribution >= 4 is 51.4 Å². The van der Waals surface area contributed by atoms with E-state index in [1.54, 1.807) is 35.5 Å². The molecule has 1 aromatic carbocycles. The zero-order valence-corrected chi connectivity index (χ0v) is 14.1. The standard InChI is InChI=1S/C16H12ClN3O2S/c1-3-9-7-11-14(23-9)19-16-18-13(22-2)10-6-8(17)4-5-12(10)20(16)15(11)21/h4-7H,3H2,1-2H3/p+1. The van der Waals surface area contributed by atoms with E-state index in [1.807, 2.05) is 12.1 Å². The lowest BCUT2D eigenvalue weighted by Gasteiger charge is -2.23. The van der Waals surface area contributed by atoms with Crippen molar-refractivity contribution in [2.75, 3.05) is 17.3 Å². The van der Waals surface area contributed by atoms with Gasteiger partial charge in [-0.2, -0.15) is 4.67 Å². The number of anilines is 2. The summed E-state index contributed by atoms with van der Waals surface area (Å²) < 4.78 is 9.81. The van der Waals surface area contributed by atoms with Gasteiger partial charge in [0.1, 0.15) is 16.8 Å². The van der Waals surface area contributed by atoms with Crippen molar-refractivity contribution < 1.29 is 9.53 Å². The Morgan fingerprint density at radius 2 is 2.17 bits per heavy atom. The van der Waals surface area contributed by atoms with Crippen LogP contribution in [0.3, 0.4) is 0 Å². The number of carbonyl (C=O) groups is 1. The maximum atomic E-state index is 13.0. The minimum absolute atomic E-state index is 0.0906. The fraction of sp³-hybridized carbons (Fsp3) is 0.188. The third-order valence-electron chi connectivity index (χ3n) is 3.83. The molecule has 0 saturated carbocycles. The number of methoxy groups -OCH3 is 1. The first-order valence-corrected chi connectivity index (χ1v) is 8.35. The molecule has 0 fully saturated rings. The Bertz CT molecular complexity index is 912. The summed E-state index contributed by atoms with van der Waals surface area (Å²) in [4.78, 5) is 15.7. The van der Waals surface area contributed by atoms with Crippen LogP contribution in [-0.2, 0) is 11.2 Å². The second-order valence-electron chi connectivity index (χ2n) is 5.18. The lowest BCUT2D eigenvalue weighted by Crippen LogP contribution is -2.49. The predicted molar refractivity (Wildman–Crippen MR) is 93.8 cm³/mol. The van der Waals surface area contributed by atoms with Crippen molar-refractivity contribution in [3.63, 3.8) is 0 Å². The van der Waals surface area contributed by atoms with Crippen LogP contribution in [0.5, 0.6) is 0 Å². The average Bonchev–Trinajstić information content (AvgIpc) is 2.97. The molecule has 0 unspecified atom stereocenters. The van der Waals surface area contributed by atoms with Crippen LogP contribution >= 0.6 is 22.9 Å². The lowest BCUT2D eigenvalue weighted by atomic mass is 10.1. The monoisotopic (exact) mass is 346 g/mol. The molecule has 5 nitrogen and oxygen atoms in total. The second-order valence-corrected chi connectivity index (χ2v) is 6.75. The normalized spacial score (nSPS) is 15.1. The molecule has 0 atom stereocenters. The zero-order chi connectivity index (χ0) is 16.1. The molecule has 0 saturated heterocycles. The van der Waals surface area contributed by atoms with Gasteiger partial charge in [-0.1, -0.05) is 18.5 Å². The highest BCUT2D eigenvalue weighted by atomic mass is 35.5. The van der Waals surface area contributed by atoms with Crippen LogP contribution in [0.25, 0.3) is 0 Å². The van der Waals surface area contributed by atoms with Gasteiger partial charge in [0.25, 0.3) is 0 Å². The van der Waals surface area contributed by atoms with Crippen molar-refractivity contribution in [3.8, 4) is 0 Å². The molecule has 7 heteroatoms. The fourth-order valence-corrected chi connectivity index (χ4v) is 3.88. The number of thiophene rings is 1. The number of aryl methyl sites for hydroxylation is 1. The van der Waals surface area contributed by atoms with Gasteiger partial charge in [0.2, 0.25) is 0 Å². The minimum atomic E-state index is -0.0906. The lowest BCUT2D eigenvalue weighted by molar-refractivity contribution is 0.100. The minimum Gasteiger partial charge on any atom is -0.459 e. The predicted octanol–water partition coefficient (Wildman–Crippen LogP) is 2.87. The first kappa shape index (κ1) is 14.3. The molecule has 0 bridgehead atoms. The largest absolute Gasteiger partial charge is 0.462 e. The molecule has 1 aromatic heterocycles. The highest BCUT2D eigenvalue weighted by molar-refractivity contribution is 7.16. The highest BCUT2D eigenvalue weighted by Crippen LogP contribution is 2.36. The van der Waals surface area contributed by atoms with Gasteiger partial charge in [0, 0.05) is 9.90 Å². The number of nitrogens with zero attached hydrogens (tertiary/aromatic N) is 2. The highest BCUT2D eigenvalue weighted by Gasteiger charge is 2.44. The SMILES string of the molecule is CCc1cc2c(s1)NC1=[N+]=C(OC)c3cc(Cl)ccc3N1C2=O. The number of rotatable bonds is 1. The van der Waals surface area contributed by atoms with E-state index < -0.39 is 0 Å². The third-order valence-corrected chi connectivity index (χ3v) is 5.26. The topological polar surface area (TPSA) is 55.7 Å². The number of carbonyl (C=O) groups excluding carboxylic acids is 1. The fourth-order valence-electron chi connectivity index (χ4n) is 2.73. The average molecular weight is 347 g/mol. The number of benzene rings is 1. The molecule has 2 aliphatic heterocycles. The van der Waals surface area contributed by atoms with Crippen LogP contribution < -0.4 is 14.9 Å². The quantitative estimate of drug-likeness (QED) is 0.808. The Hall–Kier alpha value is -2.27. The van der Waals surface area contributed by atoms with Crippen LogP contribution in [0.1, 0.15) is 27.7 Å². The molecule has 1 amide bonds. The van der Waals surface area contributed by atoms with E-state index in [-0.39, 0.29) is 5.91 Å². The first-order chi connectivity index (χ1) is 11.1. The third kappa shape index (κ3) is 2.07. The maximum Gasteiger partial charge on any atom is 0.462 e. The van der Waals surface area contributed by atoms with Crippen LogP contribution in [0.2, 0.25) is 5.02 Å². The van der Waals surface area contributed by atoms with Crippen molar-refractivity contribution in [2.45, 2.75) is 13.3 Å². The van der Waals surface area contributed by atoms with Crippen molar-refractivity contribution in [1.82, 2.24) is 4.67 Å². The molecule has 2 aliphatic rings. The Kier molecular flexibility index (Phi) is 3.20. The summed E-state index contributed by atoms with van der Waals surface area (Å²) in [5.41, 5.74) is 2.09. The first-order valence-electron chi connectivity index (χ1n) is 7.16. The Labute approximate surface area is 141 Å². The summed E-state index contributed by atoms with van der Waals surface area (Å²) in [5.74, 6) is 0.802. The van der Waals surface area contributed by atoms with Crippen molar-refractivity contribution in [1.29, 1.82) is 0 Å². The molecule has 0 radical (unpaired) electrons. The summed E-state index contributed by atoms with van der Waals surface area (Å²) in [5, 5.41) is 4.64. The number of fused-ring (bicyclic) bond motifs is 4. The van der Waals surface area contributed by atoms with Gasteiger partial charge in [-0.05, 0) is 30.7 Å². The molecular formula is C16H13ClN3O2S+. The summed E-state index contributed by atoms with van der Waals surface area (Å²) >= 11 is 7.66. The van der Waals surface area contributed by atoms with E-state index >= 15 is 0 Å². The van der Waals surface area contributed by atoms with Gasteiger partial charge in [-0.15, -0.1) is 16.2 Å². The van der Waals surface area contributed by atoms with E-state index in [2.05, 4.69) is 16.9 Å². The molecule has 0 aliphatic carbocycles. The maximum absolute atomic E-state index is 13.0. The smallest absolute Gasteiger partial charge is 0.459 e. The molecule has 116 valence electrons. The second kappa shape index (κ2) is 5.13. The molecule has 1 N–H and O–H groups in total. The Balaban J connectivity index is 1.95. The van der Waals surface area contributed by atoms with Crippen molar-refractivity contribution in [2.24, 2.45) is 0 Å². The van der Waals surface area contributed by atoms with Gasteiger partial charge in [-0.3, -0.25) is 0 Å². The van der Waals surface area contributed by atoms with Gasteiger partial charge in [0.15, 0.2) is 5.00 Å². The van der Waals surface area contributed by atoms with E-state index in [4.69, 9.17) is 16.3 Å². The van der Waals surface area contributed by atoms with Crippen LogP contribution in [0.4, 0.5) is 10.7 Å². The van der Waals surface area contributed by atoms with Gasteiger partial charge in [0.05, 0.1) is 7.11 Å². The van der Waals surface area contributed by atoms with Gasteiger partial charge in [-0.25, -0.2) is 10.1 Å².